The molecule has 14 heteroatoms. The third-order valence-corrected chi connectivity index (χ3v) is 13.3. The van der Waals surface area contributed by atoms with Gasteiger partial charge in [0, 0.05) is 114 Å². The largest absolute Gasteiger partial charge is 0.466 e. The molecule has 14 nitrogen and oxygen atoms in total. The molecular formula is C48H72N6O8. The third-order valence-electron chi connectivity index (χ3n) is 13.3. The summed E-state index contributed by atoms with van der Waals surface area (Å²) in [5.41, 5.74) is 2.56. The number of piperazine rings is 2. The topological polar surface area (TPSA) is 125 Å². The number of ketones is 2. The summed E-state index contributed by atoms with van der Waals surface area (Å²) in [6.45, 7) is 22.9. The van der Waals surface area contributed by atoms with E-state index in [0.29, 0.717) is 65.6 Å². The van der Waals surface area contributed by atoms with Gasteiger partial charge in [0.05, 0.1) is 63.6 Å². The van der Waals surface area contributed by atoms with E-state index in [1.165, 1.54) is 0 Å². The highest BCUT2D eigenvalue weighted by molar-refractivity contribution is 6.03. The Hall–Kier alpha value is -3.92. The summed E-state index contributed by atoms with van der Waals surface area (Å²) in [4.78, 5) is 65.3. The second-order valence-electron chi connectivity index (χ2n) is 18.1. The fourth-order valence-corrected chi connectivity index (χ4v) is 8.92. The van der Waals surface area contributed by atoms with E-state index < -0.39 is 11.1 Å². The van der Waals surface area contributed by atoms with Gasteiger partial charge in [-0.15, -0.1) is 0 Å². The number of benzene rings is 2. The predicted molar refractivity (Wildman–Crippen MR) is 241 cm³/mol. The van der Waals surface area contributed by atoms with Crippen molar-refractivity contribution in [2.75, 3.05) is 141 Å². The number of hydrogen-bond acceptors (Lipinski definition) is 14. The Balaban J connectivity index is 0.747. The molecule has 0 unspecified atom stereocenters. The molecule has 0 aliphatic carbocycles. The Morgan fingerprint density at radius 1 is 0.484 bits per heavy atom. The highest BCUT2D eigenvalue weighted by atomic mass is 16.5. The Morgan fingerprint density at radius 3 is 1.16 bits per heavy atom. The Kier molecular flexibility index (Phi) is 17.7. The summed E-state index contributed by atoms with van der Waals surface area (Å²) in [5, 5.41) is 0. The normalized spacial score (nSPS) is 19.0. The lowest BCUT2D eigenvalue weighted by Gasteiger charge is -2.39. The molecule has 4 saturated heterocycles. The zero-order chi connectivity index (χ0) is 44.0. The maximum Gasteiger partial charge on any atom is 0.307 e. The quantitative estimate of drug-likeness (QED) is 0.0984. The van der Waals surface area contributed by atoms with E-state index in [9.17, 15) is 19.2 Å². The van der Waals surface area contributed by atoms with Crippen LogP contribution < -0.4 is 9.80 Å². The van der Waals surface area contributed by atoms with Gasteiger partial charge >= 0.3 is 11.9 Å². The van der Waals surface area contributed by atoms with Crippen LogP contribution in [0.1, 0.15) is 86.9 Å². The summed E-state index contributed by atoms with van der Waals surface area (Å²) in [5.74, 6) is -0.0476. The van der Waals surface area contributed by atoms with Crippen molar-refractivity contribution >= 4 is 34.9 Å². The van der Waals surface area contributed by atoms with E-state index in [2.05, 4.69) is 53.7 Å². The number of esters is 2. The van der Waals surface area contributed by atoms with Crippen LogP contribution in [0.2, 0.25) is 0 Å². The van der Waals surface area contributed by atoms with Gasteiger partial charge in [0.15, 0.2) is 11.6 Å². The second kappa shape index (κ2) is 23.1. The molecule has 0 radical (unpaired) electrons. The van der Waals surface area contributed by atoms with Crippen LogP contribution in [-0.2, 0) is 28.5 Å². The molecule has 0 N–H and O–H groups in total. The first-order valence-electron chi connectivity index (χ1n) is 23.1. The van der Waals surface area contributed by atoms with Crippen LogP contribution >= 0.6 is 0 Å². The van der Waals surface area contributed by atoms with Crippen LogP contribution in [0.4, 0.5) is 11.4 Å². The number of rotatable bonds is 21. The fourth-order valence-electron chi connectivity index (χ4n) is 8.92. The van der Waals surface area contributed by atoms with E-state index in [-0.39, 0.29) is 23.5 Å². The number of carbonyl (C=O) groups excluding carboxylic acids is 4. The van der Waals surface area contributed by atoms with Crippen LogP contribution in [0.3, 0.4) is 0 Å². The van der Waals surface area contributed by atoms with Crippen molar-refractivity contribution in [3.05, 3.63) is 59.7 Å². The number of unbranched alkanes of at least 4 members (excludes halogenated alkanes) is 3. The maximum atomic E-state index is 13.4. The zero-order valence-electron chi connectivity index (χ0n) is 38.0. The molecule has 2 aromatic rings. The lowest BCUT2D eigenvalue weighted by Crippen LogP contribution is -2.54. The average molecular weight is 861 g/mol. The number of Topliss-reactive ketones (excluding diaryl/α,β-unsaturated/α-hetero) is 2. The molecule has 4 aliphatic heterocycles. The van der Waals surface area contributed by atoms with Gasteiger partial charge in [-0.2, -0.15) is 0 Å². The minimum absolute atomic E-state index is 0.134. The number of carbonyl (C=O) groups is 4. The van der Waals surface area contributed by atoms with Gasteiger partial charge in [-0.3, -0.25) is 38.8 Å². The summed E-state index contributed by atoms with van der Waals surface area (Å²) in [7, 11) is 0. The molecule has 0 spiro atoms. The summed E-state index contributed by atoms with van der Waals surface area (Å²) >= 11 is 0. The highest BCUT2D eigenvalue weighted by Gasteiger charge is 2.37. The van der Waals surface area contributed by atoms with Gasteiger partial charge in [-0.25, -0.2) is 0 Å². The van der Waals surface area contributed by atoms with Crippen LogP contribution in [0.15, 0.2) is 48.5 Å². The van der Waals surface area contributed by atoms with E-state index in [1.54, 1.807) is 0 Å². The average Bonchev–Trinajstić information content (AvgIpc) is 3.31. The van der Waals surface area contributed by atoms with Crippen LogP contribution in [0.5, 0.6) is 0 Å². The van der Waals surface area contributed by atoms with Gasteiger partial charge in [-0.05, 0) is 102 Å². The molecule has 4 heterocycles. The Bertz CT molecular complexity index is 1600. The van der Waals surface area contributed by atoms with Crippen molar-refractivity contribution in [2.45, 2.75) is 77.3 Å². The highest BCUT2D eigenvalue weighted by Crippen LogP contribution is 2.26. The molecule has 0 amide bonds. The lowest BCUT2D eigenvalue weighted by molar-refractivity contribution is -0.145. The summed E-state index contributed by atoms with van der Waals surface area (Å²) in [6, 6.07) is 16.0. The predicted octanol–water partition coefficient (Wildman–Crippen LogP) is 4.64. The van der Waals surface area contributed by atoms with Crippen molar-refractivity contribution in [3.8, 4) is 0 Å². The van der Waals surface area contributed by atoms with Crippen molar-refractivity contribution in [2.24, 2.45) is 0 Å². The molecule has 0 atom stereocenters. The van der Waals surface area contributed by atoms with E-state index >= 15 is 0 Å². The van der Waals surface area contributed by atoms with Crippen LogP contribution in [0.25, 0.3) is 0 Å². The summed E-state index contributed by atoms with van der Waals surface area (Å²) < 4.78 is 22.0. The van der Waals surface area contributed by atoms with Crippen molar-refractivity contribution < 1.29 is 38.1 Å². The van der Waals surface area contributed by atoms with Crippen LogP contribution in [0, 0.1) is 0 Å². The van der Waals surface area contributed by atoms with Crippen molar-refractivity contribution in [1.29, 1.82) is 0 Å². The van der Waals surface area contributed by atoms with Gasteiger partial charge in [0.25, 0.3) is 0 Å². The van der Waals surface area contributed by atoms with Crippen molar-refractivity contribution in [3.63, 3.8) is 0 Å². The fraction of sp³-hybridized carbons (Fsp3) is 0.667. The molecule has 62 heavy (non-hydrogen) atoms. The van der Waals surface area contributed by atoms with Gasteiger partial charge < -0.3 is 28.7 Å². The molecule has 0 aromatic heterocycles. The number of anilines is 2. The first kappa shape index (κ1) is 47.6. The smallest absolute Gasteiger partial charge is 0.307 e. The van der Waals surface area contributed by atoms with Gasteiger partial charge in [0.1, 0.15) is 0 Å². The molecule has 4 aliphatic rings. The zero-order valence-corrected chi connectivity index (χ0v) is 38.0. The summed E-state index contributed by atoms with van der Waals surface area (Å²) in [6.07, 6.45) is 4.21. The minimum Gasteiger partial charge on any atom is -0.466 e. The SMILES string of the molecule is CC(C)(C(=O)c1ccc(N2CCN(CCC(=O)OCCCCCCOC(=O)CCN3CCN(c4ccc(C(=O)C(C)(C)N5CCOCC5)cc4)CC3)CC2)cc1)N1CCOCC1. The number of morpholine rings is 2. The molecule has 0 bridgehead atoms. The van der Waals surface area contributed by atoms with E-state index in [0.717, 1.165) is 127 Å². The molecule has 342 valence electrons. The van der Waals surface area contributed by atoms with Gasteiger partial charge in [-0.1, -0.05) is 0 Å². The van der Waals surface area contributed by atoms with E-state index in [1.807, 2.05) is 52.0 Å². The lowest BCUT2D eigenvalue weighted by atomic mass is 9.90. The van der Waals surface area contributed by atoms with Gasteiger partial charge in [0.2, 0.25) is 0 Å². The minimum atomic E-state index is -0.568. The third kappa shape index (κ3) is 13.3. The van der Waals surface area contributed by atoms with E-state index in [4.69, 9.17) is 18.9 Å². The maximum absolute atomic E-state index is 13.4. The van der Waals surface area contributed by atoms with Crippen LogP contribution in [-0.4, -0.2) is 185 Å². The molecule has 4 fully saturated rings. The molecule has 2 aromatic carbocycles. The second-order valence-corrected chi connectivity index (χ2v) is 18.1. The molecule has 0 saturated carbocycles. The Labute approximate surface area is 369 Å². The molecular weight excluding hydrogens is 789 g/mol. The number of hydrogen-bond donors (Lipinski definition) is 0. The van der Waals surface area contributed by atoms with Crippen molar-refractivity contribution in [1.82, 2.24) is 19.6 Å². The Morgan fingerprint density at radius 2 is 0.823 bits per heavy atom. The monoisotopic (exact) mass is 861 g/mol. The first-order chi connectivity index (χ1) is 29.9. The molecule has 6 rings (SSSR count). The first-order valence-corrected chi connectivity index (χ1v) is 23.1. The standard InChI is InChI=1S/C48H72N6O8/c1-47(2,53-29-35-59-36-30-53)45(57)39-9-13-41(14-10-39)51-25-21-49(22-26-51)19-17-43(55)61-33-7-5-6-8-34-62-44(56)18-20-50-23-27-52(28-24-50)42-15-11-40(12-16-42)46(58)48(3,4)54-31-37-60-38-32-54/h9-16H,5-8,17-38H2,1-4H3. The number of ether oxygens (including phenoxy) is 4. The number of nitrogens with zero attached hydrogens (tertiary/aromatic N) is 6.